The maximum absolute atomic E-state index is 3.59. The third kappa shape index (κ3) is 4.36. The van der Waals surface area contributed by atoms with Crippen LogP contribution in [0.1, 0.15) is 51.6 Å². The molecule has 0 fully saturated rings. The summed E-state index contributed by atoms with van der Waals surface area (Å²) < 4.78 is 0. The van der Waals surface area contributed by atoms with E-state index < -0.39 is 0 Å². The van der Waals surface area contributed by atoms with Crippen LogP contribution in [-0.2, 0) is 0 Å². The summed E-state index contributed by atoms with van der Waals surface area (Å²) in [4.78, 5) is 0. The minimum atomic E-state index is 0.521. The van der Waals surface area contributed by atoms with E-state index >= 15 is 0 Å². The Hall–Kier alpha value is -0.820. The van der Waals surface area contributed by atoms with Crippen molar-refractivity contribution in [3.05, 3.63) is 35.9 Å². The molecule has 1 aromatic rings. The van der Waals surface area contributed by atoms with Crippen LogP contribution in [0.25, 0.3) is 0 Å². The van der Waals surface area contributed by atoms with Gasteiger partial charge in [0, 0.05) is 6.04 Å². The summed E-state index contributed by atoms with van der Waals surface area (Å²) >= 11 is 0. The minimum Gasteiger partial charge on any atom is -0.310 e. The molecule has 2 unspecified atom stereocenters. The summed E-state index contributed by atoms with van der Waals surface area (Å²) in [6.45, 7) is 7.84. The topological polar surface area (TPSA) is 12.0 Å². The van der Waals surface area contributed by atoms with Crippen LogP contribution >= 0.6 is 0 Å². The van der Waals surface area contributed by atoms with Gasteiger partial charge in [0.2, 0.25) is 0 Å². The van der Waals surface area contributed by atoms with Crippen molar-refractivity contribution in [3.63, 3.8) is 0 Å². The van der Waals surface area contributed by atoms with Gasteiger partial charge in [-0.3, -0.25) is 0 Å². The van der Waals surface area contributed by atoms with Crippen molar-refractivity contribution in [3.8, 4) is 0 Å². The fraction of sp³-hybridized carbons (Fsp3) is 0.600. The van der Waals surface area contributed by atoms with Crippen LogP contribution < -0.4 is 5.32 Å². The van der Waals surface area contributed by atoms with Gasteiger partial charge in [-0.05, 0) is 24.4 Å². The van der Waals surface area contributed by atoms with Gasteiger partial charge < -0.3 is 5.32 Å². The Morgan fingerprint density at radius 3 is 2.38 bits per heavy atom. The van der Waals surface area contributed by atoms with Gasteiger partial charge in [-0.2, -0.15) is 0 Å². The van der Waals surface area contributed by atoms with Crippen molar-refractivity contribution in [2.75, 3.05) is 6.54 Å². The van der Waals surface area contributed by atoms with Crippen molar-refractivity contribution in [1.29, 1.82) is 0 Å². The SMILES string of the molecule is CCCC(C)CC(NCC)c1ccccc1. The van der Waals surface area contributed by atoms with Gasteiger partial charge >= 0.3 is 0 Å². The Balaban J connectivity index is 2.60. The molecule has 0 aliphatic rings. The zero-order valence-electron chi connectivity index (χ0n) is 10.9. The van der Waals surface area contributed by atoms with Gasteiger partial charge in [-0.15, -0.1) is 0 Å². The highest BCUT2D eigenvalue weighted by Crippen LogP contribution is 2.23. The normalized spacial score (nSPS) is 14.7. The molecule has 0 spiro atoms. The van der Waals surface area contributed by atoms with Crippen LogP contribution in [0.4, 0.5) is 0 Å². The lowest BCUT2D eigenvalue weighted by Gasteiger charge is -2.22. The van der Waals surface area contributed by atoms with Crippen LogP contribution in [-0.4, -0.2) is 6.54 Å². The fourth-order valence-corrected chi connectivity index (χ4v) is 2.28. The van der Waals surface area contributed by atoms with Gasteiger partial charge in [0.25, 0.3) is 0 Å². The molecule has 1 heteroatoms. The van der Waals surface area contributed by atoms with Crippen LogP contribution in [0.3, 0.4) is 0 Å². The van der Waals surface area contributed by atoms with E-state index in [9.17, 15) is 0 Å². The molecule has 0 radical (unpaired) electrons. The molecule has 1 aromatic carbocycles. The first-order chi connectivity index (χ1) is 7.77. The van der Waals surface area contributed by atoms with E-state index in [0.29, 0.717) is 6.04 Å². The van der Waals surface area contributed by atoms with Crippen LogP contribution in [0.15, 0.2) is 30.3 Å². The van der Waals surface area contributed by atoms with Crippen molar-refractivity contribution in [2.24, 2.45) is 5.92 Å². The molecule has 0 saturated heterocycles. The van der Waals surface area contributed by atoms with E-state index in [-0.39, 0.29) is 0 Å². The number of benzene rings is 1. The van der Waals surface area contributed by atoms with E-state index in [1.54, 1.807) is 0 Å². The summed E-state index contributed by atoms with van der Waals surface area (Å²) in [5, 5.41) is 3.59. The Bertz CT molecular complexity index is 268. The second-order valence-corrected chi connectivity index (χ2v) is 4.65. The van der Waals surface area contributed by atoms with Gasteiger partial charge in [0.15, 0.2) is 0 Å². The zero-order valence-corrected chi connectivity index (χ0v) is 10.9. The van der Waals surface area contributed by atoms with E-state index in [0.717, 1.165) is 12.5 Å². The standard InChI is InChI=1S/C15H25N/c1-4-9-13(3)12-15(16-5-2)14-10-7-6-8-11-14/h6-8,10-11,13,15-16H,4-5,9,12H2,1-3H3. The molecule has 0 bridgehead atoms. The summed E-state index contributed by atoms with van der Waals surface area (Å²) in [6.07, 6.45) is 3.86. The van der Waals surface area contributed by atoms with Gasteiger partial charge in [-0.1, -0.05) is 63.9 Å². The molecule has 2 atom stereocenters. The Morgan fingerprint density at radius 1 is 1.12 bits per heavy atom. The maximum atomic E-state index is 3.59. The molecule has 1 rings (SSSR count). The Morgan fingerprint density at radius 2 is 1.81 bits per heavy atom. The largest absolute Gasteiger partial charge is 0.310 e. The number of hydrogen-bond donors (Lipinski definition) is 1. The fourth-order valence-electron chi connectivity index (χ4n) is 2.28. The predicted octanol–water partition coefficient (Wildman–Crippen LogP) is 4.16. The molecule has 1 N–H and O–H groups in total. The number of hydrogen-bond acceptors (Lipinski definition) is 1. The Kier molecular flexibility index (Phi) is 6.17. The van der Waals surface area contributed by atoms with E-state index in [1.807, 2.05) is 0 Å². The van der Waals surface area contributed by atoms with Crippen molar-refractivity contribution in [1.82, 2.24) is 5.32 Å². The summed E-state index contributed by atoms with van der Waals surface area (Å²) in [6, 6.07) is 11.3. The highest BCUT2D eigenvalue weighted by atomic mass is 14.9. The molecule has 0 aliphatic heterocycles. The first kappa shape index (κ1) is 13.2. The molecule has 0 saturated carbocycles. The lowest BCUT2D eigenvalue weighted by molar-refractivity contribution is 0.395. The van der Waals surface area contributed by atoms with E-state index in [1.165, 1.54) is 24.8 Å². The van der Waals surface area contributed by atoms with Crippen molar-refractivity contribution in [2.45, 2.75) is 46.1 Å². The zero-order chi connectivity index (χ0) is 11.8. The first-order valence-electron chi connectivity index (χ1n) is 6.56. The molecule has 1 nitrogen and oxygen atoms in total. The molecular formula is C15H25N. The molecule has 0 aliphatic carbocycles. The molecule has 0 amide bonds. The number of nitrogens with one attached hydrogen (secondary N) is 1. The first-order valence-corrected chi connectivity index (χ1v) is 6.56. The summed E-state index contributed by atoms with van der Waals surface area (Å²) in [5.41, 5.74) is 1.42. The van der Waals surface area contributed by atoms with Crippen LogP contribution in [0.5, 0.6) is 0 Å². The second kappa shape index (κ2) is 7.45. The summed E-state index contributed by atoms with van der Waals surface area (Å²) in [7, 11) is 0. The molecule has 16 heavy (non-hydrogen) atoms. The lowest BCUT2D eigenvalue weighted by atomic mass is 9.93. The third-order valence-corrected chi connectivity index (χ3v) is 3.07. The second-order valence-electron chi connectivity index (χ2n) is 4.65. The molecule has 0 aromatic heterocycles. The lowest BCUT2D eigenvalue weighted by Crippen LogP contribution is -2.22. The van der Waals surface area contributed by atoms with E-state index in [4.69, 9.17) is 0 Å². The average molecular weight is 219 g/mol. The van der Waals surface area contributed by atoms with Crippen molar-refractivity contribution < 1.29 is 0 Å². The van der Waals surface area contributed by atoms with E-state index in [2.05, 4.69) is 56.4 Å². The third-order valence-electron chi connectivity index (χ3n) is 3.07. The quantitative estimate of drug-likeness (QED) is 0.726. The monoisotopic (exact) mass is 219 g/mol. The molecular weight excluding hydrogens is 194 g/mol. The van der Waals surface area contributed by atoms with Gasteiger partial charge in [0.05, 0.1) is 0 Å². The smallest absolute Gasteiger partial charge is 0.0322 e. The van der Waals surface area contributed by atoms with Gasteiger partial charge in [-0.25, -0.2) is 0 Å². The highest BCUT2D eigenvalue weighted by molar-refractivity contribution is 5.18. The summed E-state index contributed by atoms with van der Waals surface area (Å²) in [5.74, 6) is 0.800. The molecule has 90 valence electrons. The highest BCUT2D eigenvalue weighted by Gasteiger charge is 2.13. The van der Waals surface area contributed by atoms with Gasteiger partial charge in [0.1, 0.15) is 0 Å². The van der Waals surface area contributed by atoms with Crippen molar-refractivity contribution >= 4 is 0 Å². The minimum absolute atomic E-state index is 0.521. The maximum Gasteiger partial charge on any atom is 0.0322 e. The number of rotatable bonds is 7. The Labute approximate surface area is 100 Å². The van der Waals surface area contributed by atoms with Crippen LogP contribution in [0.2, 0.25) is 0 Å². The molecule has 0 heterocycles. The van der Waals surface area contributed by atoms with Crippen LogP contribution in [0, 0.1) is 5.92 Å². The average Bonchev–Trinajstić information content (AvgIpc) is 2.30. The predicted molar refractivity (Wildman–Crippen MR) is 71.5 cm³/mol.